The second-order valence-electron chi connectivity index (χ2n) is 6.66. The Balaban J connectivity index is 1.40. The average molecular weight is 364 g/mol. The molecule has 0 saturated heterocycles. The van der Waals surface area contributed by atoms with Gasteiger partial charge in [0, 0.05) is 11.8 Å². The van der Waals surface area contributed by atoms with E-state index in [1.165, 1.54) is 11.0 Å². The molecule has 0 radical (unpaired) electrons. The normalized spacial score (nSPS) is 13.2. The van der Waals surface area contributed by atoms with E-state index in [-0.39, 0.29) is 18.0 Å². The summed E-state index contributed by atoms with van der Waals surface area (Å²) >= 11 is 0. The molecule has 27 heavy (non-hydrogen) atoms. The Morgan fingerprint density at radius 3 is 2.74 bits per heavy atom. The zero-order valence-corrected chi connectivity index (χ0v) is 14.8. The predicted molar refractivity (Wildman–Crippen MR) is 99.3 cm³/mol. The number of aryl methyl sites for hydroxylation is 2. The molecule has 0 spiro atoms. The van der Waals surface area contributed by atoms with Crippen LogP contribution in [0, 0.1) is 0 Å². The molecule has 8 nitrogen and oxygen atoms in total. The number of nitrogens with one attached hydrogen (secondary N) is 1. The minimum absolute atomic E-state index is 0.0905. The number of hydrogen-bond acceptors (Lipinski definition) is 5. The first-order valence-electron chi connectivity index (χ1n) is 8.98. The fourth-order valence-corrected chi connectivity index (χ4v) is 3.25. The molecule has 0 saturated carbocycles. The molecule has 2 heterocycles. The van der Waals surface area contributed by atoms with Gasteiger partial charge >= 0.3 is 0 Å². The van der Waals surface area contributed by atoms with E-state index in [2.05, 4.69) is 20.5 Å². The van der Waals surface area contributed by atoms with Crippen molar-refractivity contribution in [1.29, 1.82) is 0 Å². The number of anilines is 1. The van der Waals surface area contributed by atoms with E-state index in [0.717, 1.165) is 42.5 Å². The molecule has 0 atom stereocenters. The van der Waals surface area contributed by atoms with Crippen LogP contribution in [0.4, 0.5) is 5.69 Å². The first kappa shape index (κ1) is 17.1. The van der Waals surface area contributed by atoms with Crippen LogP contribution in [0.2, 0.25) is 0 Å². The Kier molecular flexibility index (Phi) is 4.78. The number of hydrogen-bond donors (Lipinski definition) is 1. The molecule has 138 valence electrons. The Bertz CT molecular complexity index is 992. The van der Waals surface area contributed by atoms with Gasteiger partial charge in [-0.1, -0.05) is 12.1 Å². The molecule has 2 aromatic heterocycles. The summed E-state index contributed by atoms with van der Waals surface area (Å²) in [6.07, 6.45) is 7.07. The molecule has 3 aromatic rings. The molecule has 1 amide bonds. The van der Waals surface area contributed by atoms with Gasteiger partial charge in [-0.3, -0.25) is 9.59 Å². The maximum atomic E-state index is 12.3. The highest BCUT2D eigenvalue weighted by Crippen LogP contribution is 2.17. The van der Waals surface area contributed by atoms with Crippen LogP contribution in [0.3, 0.4) is 0 Å². The second-order valence-corrected chi connectivity index (χ2v) is 6.66. The van der Waals surface area contributed by atoms with Gasteiger partial charge in [-0.15, -0.1) is 0 Å². The summed E-state index contributed by atoms with van der Waals surface area (Å²) in [6, 6.07) is 9.11. The Morgan fingerprint density at radius 1 is 1.15 bits per heavy atom. The third-order valence-electron chi connectivity index (χ3n) is 4.62. The molecule has 8 heteroatoms. The van der Waals surface area contributed by atoms with Crippen molar-refractivity contribution in [1.82, 2.24) is 24.5 Å². The lowest BCUT2D eigenvalue weighted by Crippen LogP contribution is -2.31. The van der Waals surface area contributed by atoms with Gasteiger partial charge in [0.15, 0.2) is 0 Å². The van der Waals surface area contributed by atoms with Gasteiger partial charge in [0.25, 0.3) is 5.56 Å². The number of fused-ring (bicyclic) bond motifs is 1. The quantitative estimate of drug-likeness (QED) is 0.738. The Labute approximate surface area is 155 Å². The van der Waals surface area contributed by atoms with Crippen molar-refractivity contribution in [2.45, 2.75) is 38.8 Å². The van der Waals surface area contributed by atoms with Crippen LogP contribution in [0.1, 0.15) is 29.7 Å². The maximum Gasteiger partial charge on any atom is 0.267 e. The van der Waals surface area contributed by atoms with Crippen LogP contribution in [-0.2, 0) is 30.7 Å². The van der Waals surface area contributed by atoms with E-state index in [0.29, 0.717) is 12.2 Å². The molecule has 4 rings (SSSR count). The van der Waals surface area contributed by atoms with Crippen molar-refractivity contribution in [3.05, 3.63) is 70.2 Å². The van der Waals surface area contributed by atoms with E-state index in [9.17, 15) is 9.59 Å². The summed E-state index contributed by atoms with van der Waals surface area (Å²) in [5.74, 6) is -0.274. The van der Waals surface area contributed by atoms with E-state index < -0.39 is 0 Å². The van der Waals surface area contributed by atoms with Crippen LogP contribution >= 0.6 is 0 Å². The van der Waals surface area contributed by atoms with Gasteiger partial charge in [0.2, 0.25) is 5.91 Å². The monoisotopic (exact) mass is 364 g/mol. The number of rotatable bonds is 5. The van der Waals surface area contributed by atoms with Gasteiger partial charge in [-0.25, -0.2) is 14.3 Å². The fourth-order valence-electron chi connectivity index (χ4n) is 3.25. The lowest BCUT2D eigenvalue weighted by atomic mass is 9.97. The minimum atomic E-state index is -0.274. The van der Waals surface area contributed by atoms with Crippen LogP contribution < -0.4 is 10.9 Å². The molecule has 1 aliphatic rings. The molecule has 1 aromatic carbocycles. The first-order valence-corrected chi connectivity index (χ1v) is 8.98. The van der Waals surface area contributed by atoms with Crippen LogP contribution in [0.25, 0.3) is 0 Å². The van der Waals surface area contributed by atoms with Gasteiger partial charge in [0.05, 0.1) is 12.2 Å². The Hall–Kier alpha value is -3.29. The summed E-state index contributed by atoms with van der Waals surface area (Å²) in [7, 11) is 0. The average Bonchev–Trinajstić information content (AvgIpc) is 3.17. The van der Waals surface area contributed by atoms with Crippen LogP contribution in [-0.4, -0.2) is 30.5 Å². The van der Waals surface area contributed by atoms with Crippen molar-refractivity contribution in [3.8, 4) is 0 Å². The molecule has 0 fully saturated rings. The van der Waals surface area contributed by atoms with Crippen molar-refractivity contribution in [2.24, 2.45) is 0 Å². The zero-order chi connectivity index (χ0) is 18.6. The van der Waals surface area contributed by atoms with E-state index in [4.69, 9.17) is 0 Å². The van der Waals surface area contributed by atoms with Crippen LogP contribution in [0.5, 0.6) is 0 Å². The van der Waals surface area contributed by atoms with Gasteiger partial charge in [-0.2, -0.15) is 10.2 Å². The first-order chi connectivity index (χ1) is 13.2. The van der Waals surface area contributed by atoms with Gasteiger partial charge in [0.1, 0.15) is 19.2 Å². The largest absolute Gasteiger partial charge is 0.324 e. The zero-order valence-electron chi connectivity index (χ0n) is 14.8. The number of carbonyl (C=O) groups excluding carboxylic acids is 1. The predicted octanol–water partition coefficient (Wildman–Crippen LogP) is 1.40. The minimum Gasteiger partial charge on any atom is -0.324 e. The van der Waals surface area contributed by atoms with Crippen LogP contribution in [0.15, 0.2) is 47.8 Å². The maximum absolute atomic E-state index is 12.3. The summed E-state index contributed by atoms with van der Waals surface area (Å²) in [4.78, 5) is 28.4. The number of amides is 1. The molecule has 0 unspecified atom stereocenters. The summed E-state index contributed by atoms with van der Waals surface area (Å²) in [6.45, 7) is 0.523. The molecule has 0 bridgehead atoms. The third-order valence-corrected chi connectivity index (χ3v) is 4.62. The highest BCUT2D eigenvalue weighted by atomic mass is 16.2. The number of nitrogens with zero attached hydrogens (tertiary/aromatic N) is 5. The number of aromatic nitrogens is 5. The molecule has 1 N–H and O–H groups in total. The highest BCUT2D eigenvalue weighted by Gasteiger charge is 2.14. The van der Waals surface area contributed by atoms with Gasteiger partial charge < -0.3 is 5.32 Å². The molecular formula is C19H20N6O2. The van der Waals surface area contributed by atoms with E-state index >= 15 is 0 Å². The second kappa shape index (κ2) is 7.53. The Morgan fingerprint density at radius 2 is 1.96 bits per heavy atom. The topological polar surface area (TPSA) is 94.7 Å². The van der Waals surface area contributed by atoms with Crippen molar-refractivity contribution in [3.63, 3.8) is 0 Å². The van der Waals surface area contributed by atoms with Gasteiger partial charge in [-0.05, 0) is 48.9 Å². The number of carbonyl (C=O) groups is 1. The summed E-state index contributed by atoms with van der Waals surface area (Å²) < 4.78 is 2.97. The fraction of sp³-hybridized carbons (Fsp3) is 0.316. The SMILES string of the molecule is O=C(Cn1nc2c(cc1=O)CCCC2)Nc1ccc(Cn2cncn2)cc1. The molecule has 0 aliphatic heterocycles. The van der Waals surface area contributed by atoms with Crippen molar-refractivity contribution >= 4 is 11.6 Å². The molecule has 1 aliphatic carbocycles. The van der Waals surface area contributed by atoms with Crippen molar-refractivity contribution in [2.75, 3.05) is 5.32 Å². The lowest BCUT2D eigenvalue weighted by Gasteiger charge is -2.15. The highest BCUT2D eigenvalue weighted by molar-refractivity contribution is 5.90. The third kappa shape index (κ3) is 4.11. The molecular weight excluding hydrogens is 344 g/mol. The smallest absolute Gasteiger partial charge is 0.267 e. The van der Waals surface area contributed by atoms with Crippen molar-refractivity contribution < 1.29 is 4.79 Å². The standard InChI is InChI=1S/C19H20N6O2/c26-18(11-25-19(27)9-15-3-1-2-4-17(15)23-25)22-16-7-5-14(6-8-16)10-24-13-20-12-21-24/h5-9,12-13H,1-4,10-11H2,(H,22,26). The summed E-state index contributed by atoms with van der Waals surface area (Å²) in [5.41, 5.74) is 3.45. The van der Waals surface area contributed by atoms with E-state index in [1.54, 1.807) is 17.1 Å². The van der Waals surface area contributed by atoms with E-state index in [1.807, 2.05) is 24.3 Å². The summed E-state index contributed by atoms with van der Waals surface area (Å²) in [5, 5.41) is 11.3. The number of benzene rings is 1. The lowest BCUT2D eigenvalue weighted by molar-refractivity contribution is -0.117.